The van der Waals surface area contributed by atoms with Crippen LogP contribution in [-0.4, -0.2) is 18.8 Å². The lowest BCUT2D eigenvalue weighted by atomic mass is 10.0. The van der Waals surface area contributed by atoms with Crippen LogP contribution in [-0.2, 0) is 9.53 Å². The van der Waals surface area contributed by atoms with Crippen LogP contribution in [0.4, 0.5) is 0 Å². The van der Waals surface area contributed by atoms with Crippen LogP contribution < -0.4 is 0 Å². The third-order valence-corrected chi connectivity index (χ3v) is 4.22. The molecule has 1 unspecified atom stereocenters. The summed E-state index contributed by atoms with van der Waals surface area (Å²) in [5.41, 5.74) is 0.967. The minimum atomic E-state index is -0.273. The lowest BCUT2D eigenvalue weighted by molar-refractivity contribution is -0.141. The third kappa shape index (κ3) is 4.02. The molecule has 0 bridgehead atoms. The molecule has 0 amide bonds. The van der Waals surface area contributed by atoms with Crippen LogP contribution >= 0.6 is 23.4 Å². The molecule has 0 N–H and O–H groups in total. The topological polar surface area (TPSA) is 26.3 Å². The second kappa shape index (κ2) is 7.36. The van der Waals surface area contributed by atoms with E-state index in [1.807, 2.05) is 54.6 Å². The van der Waals surface area contributed by atoms with Gasteiger partial charge in [0.25, 0.3) is 0 Å². The first kappa shape index (κ1) is 14.9. The average Bonchev–Trinajstić information content (AvgIpc) is 2.48. The van der Waals surface area contributed by atoms with Gasteiger partial charge in [-0.05, 0) is 23.8 Å². The highest BCUT2D eigenvalue weighted by Crippen LogP contribution is 2.28. The molecule has 0 aliphatic carbocycles. The van der Waals surface area contributed by atoms with E-state index in [4.69, 9.17) is 16.3 Å². The molecule has 2 aromatic rings. The van der Waals surface area contributed by atoms with Gasteiger partial charge in [-0.2, -0.15) is 0 Å². The third-order valence-electron chi connectivity index (χ3n) is 2.90. The molecule has 0 aliphatic heterocycles. The summed E-state index contributed by atoms with van der Waals surface area (Å²) in [4.78, 5) is 13.0. The number of benzene rings is 2. The zero-order valence-corrected chi connectivity index (χ0v) is 12.7. The molecule has 4 heteroatoms. The van der Waals surface area contributed by atoms with Gasteiger partial charge in [-0.15, -0.1) is 11.8 Å². The summed E-state index contributed by atoms with van der Waals surface area (Å²) in [5.74, 6) is 0.132. The monoisotopic (exact) mass is 306 g/mol. The number of hydrogen-bond donors (Lipinski definition) is 0. The fourth-order valence-corrected chi connectivity index (χ4v) is 3.19. The van der Waals surface area contributed by atoms with Crippen molar-refractivity contribution in [2.75, 3.05) is 12.9 Å². The Hall–Kier alpha value is -1.45. The van der Waals surface area contributed by atoms with Crippen LogP contribution in [0.15, 0.2) is 59.5 Å². The predicted molar refractivity (Wildman–Crippen MR) is 83.4 cm³/mol. The van der Waals surface area contributed by atoms with Crippen molar-refractivity contribution in [2.24, 2.45) is 0 Å². The molecule has 0 heterocycles. The van der Waals surface area contributed by atoms with Gasteiger partial charge in [0.15, 0.2) is 0 Å². The molecule has 20 heavy (non-hydrogen) atoms. The van der Waals surface area contributed by atoms with Crippen molar-refractivity contribution >= 4 is 29.3 Å². The van der Waals surface area contributed by atoms with Gasteiger partial charge in [-0.3, -0.25) is 4.79 Å². The zero-order chi connectivity index (χ0) is 14.4. The molecular weight excluding hydrogens is 292 g/mol. The summed E-state index contributed by atoms with van der Waals surface area (Å²) in [5, 5.41) is 0.698. The van der Waals surface area contributed by atoms with E-state index in [0.29, 0.717) is 10.8 Å². The molecule has 1 atom stereocenters. The van der Waals surface area contributed by atoms with E-state index < -0.39 is 0 Å². The SMILES string of the molecule is COC(=O)C(CSc1cccc(Cl)c1)c1ccccc1. The molecule has 0 fully saturated rings. The van der Waals surface area contributed by atoms with Crippen molar-refractivity contribution in [2.45, 2.75) is 10.8 Å². The lowest BCUT2D eigenvalue weighted by Crippen LogP contribution is -2.16. The van der Waals surface area contributed by atoms with Gasteiger partial charge < -0.3 is 4.74 Å². The number of methoxy groups -OCH3 is 1. The van der Waals surface area contributed by atoms with E-state index in [9.17, 15) is 4.79 Å². The molecule has 0 radical (unpaired) electrons. The van der Waals surface area contributed by atoms with Gasteiger partial charge in [0.1, 0.15) is 0 Å². The quantitative estimate of drug-likeness (QED) is 0.605. The van der Waals surface area contributed by atoms with Crippen LogP contribution in [0.3, 0.4) is 0 Å². The minimum Gasteiger partial charge on any atom is -0.469 e. The van der Waals surface area contributed by atoms with E-state index >= 15 is 0 Å². The van der Waals surface area contributed by atoms with Crippen molar-refractivity contribution in [1.82, 2.24) is 0 Å². The van der Waals surface area contributed by atoms with E-state index in [1.54, 1.807) is 11.8 Å². The van der Waals surface area contributed by atoms with Gasteiger partial charge in [0, 0.05) is 15.7 Å². The molecular formula is C16H15ClO2S. The van der Waals surface area contributed by atoms with Crippen molar-refractivity contribution in [3.63, 3.8) is 0 Å². The summed E-state index contributed by atoms with van der Waals surface area (Å²) in [6.45, 7) is 0. The Morgan fingerprint density at radius 2 is 1.95 bits per heavy atom. The highest BCUT2D eigenvalue weighted by atomic mass is 35.5. The molecule has 0 aliphatic rings. The number of ether oxygens (including phenoxy) is 1. The van der Waals surface area contributed by atoms with Gasteiger partial charge in [0.2, 0.25) is 0 Å². The van der Waals surface area contributed by atoms with Crippen LogP contribution in [0.1, 0.15) is 11.5 Å². The molecule has 0 saturated heterocycles. The summed E-state index contributed by atoms with van der Waals surface area (Å²) < 4.78 is 4.90. The lowest BCUT2D eigenvalue weighted by Gasteiger charge is -2.14. The van der Waals surface area contributed by atoms with Gasteiger partial charge in [-0.1, -0.05) is 48.0 Å². The standard InChI is InChI=1S/C16H15ClO2S/c1-19-16(18)15(12-6-3-2-4-7-12)11-20-14-9-5-8-13(17)10-14/h2-10,15H,11H2,1H3. The number of hydrogen-bond acceptors (Lipinski definition) is 3. The first-order valence-electron chi connectivity index (χ1n) is 6.22. The van der Waals surface area contributed by atoms with Gasteiger partial charge in [0.05, 0.1) is 13.0 Å². The van der Waals surface area contributed by atoms with E-state index in [1.165, 1.54) is 7.11 Å². The van der Waals surface area contributed by atoms with E-state index in [-0.39, 0.29) is 11.9 Å². The Morgan fingerprint density at radius 3 is 2.60 bits per heavy atom. The smallest absolute Gasteiger partial charge is 0.313 e. The van der Waals surface area contributed by atoms with E-state index in [2.05, 4.69) is 0 Å². The summed E-state index contributed by atoms with van der Waals surface area (Å²) in [6.07, 6.45) is 0. The summed E-state index contributed by atoms with van der Waals surface area (Å²) in [7, 11) is 1.42. The molecule has 2 nitrogen and oxygen atoms in total. The number of halogens is 1. The molecule has 104 valence electrons. The maximum Gasteiger partial charge on any atom is 0.313 e. The molecule has 0 spiro atoms. The van der Waals surface area contributed by atoms with Crippen molar-refractivity contribution < 1.29 is 9.53 Å². The van der Waals surface area contributed by atoms with Crippen LogP contribution in [0, 0.1) is 0 Å². The second-order valence-corrected chi connectivity index (χ2v) is 5.78. The van der Waals surface area contributed by atoms with Gasteiger partial charge >= 0.3 is 5.97 Å². The maximum atomic E-state index is 11.9. The second-order valence-electron chi connectivity index (χ2n) is 4.25. The van der Waals surface area contributed by atoms with Crippen LogP contribution in [0.5, 0.6) is 0 Å². The first-order chi connectivity index (χ1) is 9.70. The maximum absolute atomic E-state index is 11.9. The average molecular weight is 307 g/mol. The fourth-order valence-electron chi connectivity index (χ4n) is 1.86. The Bertz CT molecular complexity index is 572. The highest BCUT2D eigenvalue weighted by molar-refractivity contribution is 7.99. The van der Waals surface area contributed by atoms with Crippen LogP contribution in [0.2, 0.25) is 5.02 Å². The Labute approximate surface area is 128 Å². The molecule has 2 rings (SSSR count). The Kier molecular flexibility index (Phi) is 5.50. The molecule has 0 aromatic heterocycles. The minimum absolute atomic E-state index is 0.217. The number of carbonyl (C=O) groups excluding carboxylic acids is 1. The van der Waals surface area contributed by atoms with Gasteiger partial charge in [-0.25, -0.2) is 0 Å². The van der Waals surface area contributed by atoms with Crippen molar-refractivity contribution in [3.05, 3.63) is 65.2 Å². The Balaban J connectivity index is 2.11. The first-order valence-corrected chi connectivity index (χ1v) is 7.58. The zero-order valence-electron chi connectivity index (χ0n) is 11.1. The van der Waals surface area contributed by atoms with E-state index in [0.717, 1.165) is 10.5 Å². The van der Waals surface area contributed by atoms with Crippen LogP contribution in [0.25, 0.3) is 0 Å². The Morgan fingerprint density at radius 1 is 1.20 bits per heavy atom. The summed E-state index contributed by atoms with van der Waals surface area (Å²) in [6, 6.07) is 17.3. The molecule has 2 aromatic carbocycles. The number of thioether (sulfide) groups is 1. The number of carbonyl (C=O) groups is 1. The molecule has 0 saturated carbocycles. The largest absolute Gasteiger partial charge is 0.469 e. The highest BCUT2D eigenvalue weighted by Gasteiger charge is 2.21. The van der Waals surface area contributed by atoms with Crippen molar-refractivity contribution in [1.29, 1.82) is 0 Å². The summed E-state index contributed by atoms with van der Waals surface area (Å²) >= 11 is 7.56. The number of esters is 1. The van der Waals surface area contributed by atoms with Crippen molar-refractivity contribution in [3.8, 4) is 0 Å². The normalized spacial score (nSPS) is 11.9. The predicted octanol–water partition coefficient (Wildman–Crippen LogP) is 4.39. The fraction of sp³-hybridized carbons (Fsp3) is 0.188. The number of rotatable bonds is 5.